The number of hydrogen-bond donors (Lipinski definition) is 0. The van der Waals surface area contributed by atoms with Gasteiger partial charge in [-0.25, -0.2) is 0 Å². The molecule has 0 radical (unpaired) electrons. The molecule has 0 spiro atoms. The lowest BCUT2D eigenvalue weighted by Crippen LogP contribution is -1.91. The molecule has 9 aromatic carbocycles. The quantitative estimate of drug-likeness (QED) is 0.138. The maximum absolute atomic E-state index is 9.56. The first-order chi connectivity index (χ1) is 31.8. The zero-order valence-electron chi connectivity index (χ0n) is 43.3. The van der Waals surface area contributed by atoms with Crippen molar-refractivity contribution in [2.75, 3.05) is 0 Å². The van der Waals surface area contributed by atoms with E-state index in [1.807, 2.05) is 48.5 Å². The van der Waals surface area contributed by atoms with Crippen LogP contribution in [0.4, 0.5) is 0 Å². The molecule has 10 aromatic rings. The summed E-state index contributed by atoms with van der Waals surface area (Å²) < 4.78 is 166. The molecule has 0 saturated carbocycles. The molecule has 0 atom stereocenters. The highest BCUT2D eigenvalue weighted by Crippen LogP contribution is 2.50. The molecule has 0 amide bonds. The van der Waals surface area contributed by atoms with Gasteiger partial charge in [0, 0.05) is 22.1 Å². The second-order valence-corrected chi connectivity index (χ2v) is 11.5. The van der Waals surface area contributed by atoms with E-state index in [0.717, 1.165) is 21.5 Å². The summed E-state index contributed by atoms with van der Waals surface area (Å²) in [4.78, 5) is 0. The second-order valence-electron chi connectivity index (χ2n) is 11.5. The van der Waals surface area contributed by atoms with Gasteiger partial charge in [-0.3, -0.25) is 0 Å². The minimum Gasteiger partial charge on any atom is -0.455 e. The van der Waals surface area contributed by atoms with E-state index in [9.17, 15) is 5.48 Å². The number of furan rings is 1. The minimum atomic E-state index is -0.787. The molecule has 1 heteroatoms. The molecule has 0 unspecified atom stereocenters. The fourth-order valence-corrected chi connectivity index (χ4v) is 6.75. The van der Waals surface area contributed by atoms with Crippen molar-refractivity contribution in [2.24, 2.45) is 0 Å². The lowest BCUT2D eigenvalue weighted by Gasteiger charge is -2.18. The summed E-state index contributed by atoms with van der Waals surface area (Å²) in [6.45, 7) is 0. The minimum absolute atomic E-state index is 0.0567. The first-order valence-electron chi connectivity index (χ1n) is 24.4. The molecule has 0 aliphatic rings. The van der Waals surface area contributed by atoms with Crippen LogP contribution in [0.1, 0.15) is 24.7 Å². The van der Waals surface area contributed by atoms with E-state index >= 15 is 0 Å². The Morgan fingerprint density at radius 2 is 0.898 bits per heavy atom. The standard InChI is InChI=1S/C48H30O/c1-3-13-31(14-4-1)34-25-28-43-44(30-34)49-48(36-26-27-38-35(29-36)24-23-32-15-7-8-18-37(32)38)47(43)46-41-21-11-9-19-39(41)45(33-16-5-2-6-17-33)40-20-10-12-22-42(40)46/h1-30H/i1D,2D,3D,4D,5D,6D,9D,10D,11D,12D,13D,14D,16D,17D,19D,20D,21D,22D. The monoisotopic (exact) mass is 640 g/mol. The Morgan fingerprint density at radius 1 is 0.347 bits per heavy atom. The Labute approximate surface area is 309 Å². The normalized spacial score (nSPS) is 16.8. The fraction of sp³-hybridized carbons (Fsp3) is 0. The Kier molecular flexibility index (Phi) is 3.43. The SMILES string of the molecule is [2H]c1c([2H])c([2H])c(-c2ccc3c(-c4c5c([2H])c([2H])c([2H])c([2H])c5c(-c5c([2H])c([2H])c([2H])c([2H])c5[2H])c5c([2H])c([2H])c([2H])c([2H])c45)c(-c4ccc5c(ccc6ccccc65)c4)oc3c2)c([2H])c1[2H]. The molecule has 0 aliphatic carbocycles. The highest BCUT2D eigenvalue weighted by Gasteiger charge is 2.24. The molecule has 0 fully saturated rings. The lowest BCUT2D eigenvalue weighted by atomic mass is 9.84. The van der Waals surface area contributed by atoms with E-state index in [0.29, 0.717) is 5.56 Å². The van der Waals surface area contributed by atoms with E-state index < -0.39 is 131 Å². The van der Waals surface area contributed by atoms with Crippen LogP contribution in [0.25, 0.3) is 98.8 Å². The fourth-order valence-electron chi connectivity index (χ4n) is 6.75. The zero-order valence-corrected chi connectivity index (χ0v) is 25.3. The summed E-state index contributed by atoms with van der Waals surface area (Å²) in [7, 11) is 0. The van der Waals surface area contributed by atoms with Crippen LogP contribution in [0.3, 0.4) is 0 Å². The van der Waals surface area contributed by atoms with Crippen molar-refractivity contribution in [3.05, 3.63) is 182 Å². The van der Waals surface area contributed by atoms with Gasteiger partial charge in [0.15, 0.2) is 0 Å². The Bertz CT molecular complexity index is 3770. The summed E-state index contributed by atoms with van der Waals surface area (Å²) in [5.74, 6) is 0.0567. The topological polar surface area (TPSA) is 13.1 Å². The number of hydrogen-bond acceptors (Lipinski definition) is 1. The van der Waals surface area contributed by atoms with Crippen molar-refractivity contribution in [3.8, 4) is 44.7 Å². The van der Waals surface area contributed by atoms with Crippen molar-refractivity contribution in [1.29, 1.82) is 0 Å². The van der Waals surface area contributed by atoms with Gasteiger partial charge in [-0.1, -0.05) is 163 Å². The van der Waals surface area contributed by atoms with Crippen molar-refractivity contribution in [2.45, 2.75) is 0 Å². The molecule has 0 N–H and O–H groups in total. The van der Waals surface area contributed by atoms with Crippen molar-refractivity contribution < 1.29 is 29.1 Å². The van der Waals surface area contributed by atoms with Gasteiger partial charge in [0.25, 0.3) is 0 Å². The molecular formula is C48H30O. The van der Waals surface area contributed by atoms with Gasteiger partial charge in [0.2, 0.25) is 0 Å². The first kappa shape index (κ1) is 15.2. The average molecular weight is 641 g/mol. The van der Waals surface area contributed by atoms with Gasteiger partial charge < -0.3 is 4.42 Å². The summed E-state index contributed by atoms with van der Waals surface area (Å²) >= 11 is 0. The number of fused-ring (bicyclic) bond motifs is 6. The summed E-state index contributed by atoms with van der Waals surface area (Å²) in [6.07, 6.45) is 0. The van der Waals surface area contributed by atoms with Crippen LogP contribution < -0.4 is 0 Å². The van der Waals surface area contributed by atoms with Gasteiger partial charge in [0.05, 0.1) is 24.7 Å². The molecule has 10 rings (SSSR count). The van der Waals surface area contributed by atoms with E-state index in [4.69, 9.17) is 23.6 Å². The van der Waals surface area contributed by atoms with E-state index in [2.05, 4.69) is 0 Å². The molecule has 0 bridgehead atoms. The molecule has 228 valence electrons. The maximum atomic E-state index is 9.56. The molecule has 1 heterocycles. The van der Waals surface area contributed by atoms with Gasteiger partial charge in [-0.15, -0.1) is 0 Å². The van der Waals surface area contributed by atoms with Gasteiger partial charge in [0.1, 0.15) is 11.3 Å². The lowest BCUT2D eigenvalue weighted by molar-refractivity contribution is 0.633. The van der Waals surface area contributed by atoms with E-state index in [1.54, 1.807) is 6.07 Å². The maximum Gasteiger partial charge on any atom is 0.143 e. The van der Waals surface area contributed by atoms with Crippen molar-refractivity contribution in [3.63, 3.8) is 0 Å². The van der Waals surface area contributed by atoms with Gasteiger partial charge >= 0.3 is 0 Å². The Hall–Kier alpha value is -6.44. The number of benzene rings is 9. The molecule has 1 aromatic heterocycles. The van der Waals surface area contributed by atoms with Crippen LogP contribution in [0.15, 0.2) is 186 Å². The number of rotatable bonds is 4. The highest BCUT2D eigenvalue weighted by atomic mass is 16.3. The molecule has 1 nitrogen and oxygen atoms in total. The van der Waals surface area contributed by atoms with Crippen molar-refractivity contribution >= 4 is 54.1 Å². The summed E-state index contributed by atoms with van der Waals surface area (Å²) in [5, 5.41) is 2.40. The molecule has 0 saturated heterocycles. The average Bonchev–Trinajstić information content (AvgIpc) is 3.71. The Morgan fingerprint density at radius 3 is 1.61 bits per heavy atom. The second kappa shape index (κ2) is 11.1. The molecule has 49 heavy (non-hydrogen) atoms. The van der Waals surface area contributed by atoms with Gasteiger partial charge in [-0.05, 0) is 83.5 Å². The van der Waals surface area contributed by atoms with E-state index in [-0.39, 0.29) is 49.8 Å². The summed E-state index contributed by atoms with van der Waals surface area (Å²) in [6, 6.07) is 9.22. The van der Waals surface area contributed by atoms with Gasteiger partial charge in [-0.2, -0.15) is 0 Å². The zero-order chi connectivity index (χ0) is 48.0. The predicted octanol–water partition coefficient (Wildman–Crippen LogP) is 13.7. The van der Waals surface area contributed by atoms with Crippen molar-refractivity contribution in [1.82, 2.24) is 0 Å². The van der Waals surface area contributed by atoms with Crippen LogP contribution in [-0.2, 0) is 0 Å². The highest BCUT2D eigenvalue weighted by molar-refractivity contribution is 6.25. The van der Waals surface area contributed by atoms with Crippen LogP contribution in [0.5, 0.6) is 0 Å². The smallest absolute Gasteiger partial charge is 0.143 e. The van der Waals surface area contributed by atoms with Crippen LogP contribution in [-0.4, -0.2) is 0 Å². The van der Waals surface area contributed by atoms with Crippen LogP contribution >= 0.6 is 0 Å². The van der Waals surface area contributed by atoms with E-state index in [1.165, 1.54) is 18.2 Å². The van der Waals surface area contributed by atoms with Crippen LogP contribution in [0, 0.1) is 0 Å². The molecular weight excluding hydrogens is 593 g/mol. The first-order valence-corrected chi connectivity index (χ1v) is 15.4. The third-order valence-electron chi connectivity index (χ3n) is 8.86. The third kappa shape index (κ3) is 4.40. The summed E-state index contributed by atoms with van der Waals surface area (Å²) in [5.41, 5.74) is -0.543. The largest absolute Gasteiger partial charge is 0.455 e. The predicted molar refractivity (Wildman–Crippen MR) is 208 cm³/mol. The molecule has 0 aliphatic heterocycles. The third-order valence-corrected chi connectivity index (χ3v) is 8.86. The van der Waals surface area contributed by atoms with Crippen LogP contribution in [0.2, 0.25) is 0 Å². The Balaban J connectivity index is 1.46.